The van der Waals surface area contributed by atoms with E-state index in [1.54, 1.807) is 12.1 Å². The summed E-state index contributed by atoms with van der Waals surface area (Å²) in [6.45, 7) is 3.47. The first kappa shape index (κ1) is 27.5. The van der Waals surface area contributed by atoms with Gasteiger partial charge in [-0.25, -0.2) is 8.78 Å². The zero-order valence-electron chi connectivity index (χ0n) is 24.2. The van der Waals surface area contributed by atoms with E-state index < -0.39 is 6.17 Å². The number of aromatic nitrogens is 2. The number of halogens is 2. The Balaban J connectivity index is 1.31. The number of alkyl halides is 1. The number of aryl methyl sites for hydroxylation is 1. The number of phenolic OH excluding ortho intramolecular Hbond substituents is 1. The number of hydrogen-bond acceptors (Lipinski definition) is 7. The Morgan fingerprint density at radius 3 is 2.77 bits per heavy atom. The maximum absolute atomic E-state index is 14.9. The van der Waals surface area contributed by atoms with Gasteiger partial charge in [0.2, 0.25) is 0 Å². The van der Waals surface area contributed by atoms with Gasteiger partial charge in [-0.1, -0.05) is 31.2 Å². The second-order valence-corrected chi connectivity index (χ2v) is 11.7. The molecule has 1 aromatic heterocycles. The molecular weight excluding hydrogens is 552 g/mol. The molecule has 4 heterocycles. The molecule has 2 atom stereocenters. The van der Waals surface area contributed by atoms with E-state index in [4.69, 9.17) is 14.7 Å². The van der Waals surface area contributed by atoms with Gasteiger partial charge in [-0.2, -0.15) is 9.97 Å². The van der Waals surface area contributed by atoms with Crippen molar-refractivity contribution in [1.82, 2.24) is 14.9 Å². The highest BCUT2D eigenvalue weighted by Gasteiger charge is 2.49. The summed E-state index contributed by atoms with van der Waals surface area (Å²) >= 11 is 0. The molecular formula is C33H33F2N5O3. The van der Waals surface area contributed by atoms with Crippen LogP contribution in [0.15, 0.2) is 54.6 Å². The minimum Gasteiger partial charge on any atom is -0.508 e. The summed E-state index contributed by atoms with van der Waals surface area (Å²) in [5.41, 5.74) is 2.09. The number of amides is 1. The summed E-state index contributed by atoms with van der Waals surface area (Å²) in [4.78, 5) is 29.2. The van der Waals surface area contributed by atoms with Crippen LogP contribution < -0.4 is 14.5 Å². The lowest BCUT2D eigenvalue weighted by molar-refractivity contribution is 0.0996. The number of hydrogen-bond donors (Lipinski definition) is 1. The standard InChI is InChI=1S/C33H33F2N5O3/c1-3-24-25(35)11-10-20-14-23(41)15-27(28(20)24)40-18-26-29(31(40)42)30(38(2)22-8-5-4-6-9-22)37-32(36-26)43-19-33-12-7-13-39(33)17-21(34)16-33/h4-6,8-11,14-15,21,41H,3,7,12-13,16-19H2,1-2H3. The predicted octanol–water partition coefficient (Wildman–Crippen LogP) is 5.92. The van der Waals surface area contributed by atoms with Crippen LogP contribution >= 0.6 is 0 Å². The molecule has 2 unspecified atom stereocenters. The first-order valence-corrected chi connectivity index (χ1v) is 14.8. The third kappa shape index (κ3) is 4.55. The van der Waals surface area contributed by atoms with Gasteiger partial charge in [0.15, 0.2) is 5.82 Å². The number of para-hydroxylation sites is 1. The number of anilines is 3. The fourth-order valence-electron chi connectivity index (χ4n) is 7.12. The number of rotatable bonds is 7. The van der Waals surface area contributed by atoms with Crippen LogP contribution in [0.25, 0.3) is 10.8 Å². The Labute approximate surface area is 248 Å². The monoisotopic (exact) mass is 585 g/mol. The van der Waals surface area contributed by atoms with Gasteiger partial charge in [-0.15, -0.1) is 0 Å². The van der Waals surface area contributed by atoms with Crippen LogP contribution in [0.5, 0.6) is 11.8 Å². The van der Waals surface area contributed by atoms with Gasteiger partial charge in [-0.05, 0) is 61.0 Å². The van der Waals surface area contributed by atoms with E-state index in [-0.39, 0.29) is 42.2 Å². The first-order valence-electron chi connectivity index (χ1n) is 14.8. The molecule has 2 fully saturated rings. The lowest BCUT2D eigenvalue weighted by Crippen LogP contribution is -2.43. The fraction of sp³-hybridized carbons (Fsp3) is 0.364. The minimum absolute atomic E-state index is 0.0280. The molecule has 4 aromatic rings. The van der Waals surface area contributed by atoms with Crippen LogP contribution in [-0.2, 0) is 13.0 Å². The van der Waals surface area contributed by atoms with E-state index in [0.717, 1.165) is 25.1 Å². The lowest BCUT2D eigenvalue weighted by atomic mass is 9.95. The molecule has 1 amide bonds. The van der Waals surface area contributed by atoms with Crippen LogP contribution in [0, 0.1) is 5.82 Å². The second kappa shape index (κ2) is 10.4. The van der Waals surface area contributed by atoms with Gasteiger partial charge in [0.25, 0.3) is 5.91 Å². The van der Waals surface area contributed by atoms with Gasteiger partial charge in [0, 0.05) is 37.2 Å². The highest BCUT2D eigenvalue weighted by molar-refractivity contribution is 6.16. The SMILES string of the molecule is CCc1c(F)ccc2cc(O)cc(N3Cc4nc(OCC56CCCN5CC(F)C6)nc(N(C)c5ccccc5)c4C3=O)c12. The summed E-state index contributed by atoms with van der Waals surface area (Å²) in [5, 5.41) is 11.8. The molecule has 10 heteroatoms. The molecule has 7 rings (SSSR count). The zero-order chi connectivity index (χ0) is 29.9. The number of nitrogens with zero attached hydrogens (tertiary/aromatic N) is 5. The molecule has 1 N–H and O–H groups in total. The first-order chi connectivity index (χ1) is 20.8. The normalized spacial score (nSPS) is 21.4. The minimum atomic E-state index is -0.884. The Hall–Kier alpha value is -4.31. The third-order valence-electron chi connectivity index (χ3n) is 9.18. The highest BCUT2D eigenvalue weighted by atomic mass is 19.1. The molecule has 3 aromatic carbocycles. The number of carbonyl (C=O) groups is 1. The average molecular weight is 586 g/mol. The highest BCUT2D eigenvalue weighted by Crippen LogP contribution is 2.43. The Morgan fingerprint density at radius 1 is 1.16 bits per heavy atom. The number of ether oxygens (including phenoxy) is 1. The molecule has 0 radical (unpaired) electrons. The van der Waals surface area contributed by atoms with E-state index in [1.807, 2.05) is 49.2 Å². The van der Waals surface area contributed by atoms with Gasteiger partial charge < -0.3 is 19.6 Å². The summed E-state index contributed by atoms with van der Waals surface area (Å²) in [5.74, 6) is -0.372. The summed E-state index contributed by atoms with van der Waals surface area (Å²) in [6, 6.07) is 15.7. The molecule has 0 bridgehead atoms. The number of carbonyl (C=O) groups excluding carboxylic acids is 1. The van der Waals surface area contributed by atoms with E-state index in [9.17, 15) is 18.7 Å². The van der Waals surface area contributed by atoms with Gasteiger partial charge in [0.05, 0.1) is 23.5 Å². The van der Waals surface area contributed by atoms with Crippen molar-refractivity contribution in [2.24, 2.45) is 0 Å². The van der Waals surface area contributed by atoms with E-state index in [0.29, 0.717) is 58.5 Å². The van der Waals surface area contributed by atoms with Crippen molar-refractivity contribution in [3.63, 3.8) is 0 Å². The lowest BCUT2D eigenvalue weighted by Gasteiger charge is -2.31. The molecule has 0 aliphatic carbocycles. The van der Waals surface area contributed by atoms with Crippen LogP contribution in [0.1, 0.15) is 47.8 Å². The zero-order valence-corrected chi connectivity index (χ0v) is 24.2. The summed E-state index contributed by atoms with van der Waals surface area (Å²) in [6.07, 6.45) is 1.79. The van der Waals surface area contributed by atoms with E-state index >= 15 is 0 Å². The van der Waals surface area contributed by atoms with Crippen molar-refractivity contribution in [3.8, 4) is 11.8 Å². The van der Waals surface area contributed by atoms with Crippen molar-refractivity contribution in [2.75, 3.05) is 36.5 Å². The van der Waals surface area contributed by atoms with Gasteiger partial charge >= 0.3 is 6.01 Å². The average Bonchev–Trinajstić information content (AvgIpc) is 3.65. The van der Waals surface area contributed by atoms with Crippen LogP contribution in [-0.4, -0.2) is 64.3 Å². The summed E-state index contributed by atoms with van der Waals surface area (Å²) in [7, 11) is 1.83. The Bertz CT molecular complexity index is 1740. The Morgan fingerprint density at radius 2 is 1.98 bits per heavy atom. The quantitative estimate of drug-likeness (QED) is 0.288. The third-order valence-corrected chi connectivity index (χ3v) is 9.18. The van der Waals surface area contributed by atoms with Crippen LogP contribution in [0.2, 0.25) is 0 Å². The molecule has 0 saturated carbocycles. The van der Waals surface area contributed by atoms with Crippen molar-refractivity contribution >= 4 is 33.9 Å². The van der Waals surface area contributed by atoms with Gasteiger partial charge in [-0.3, -0.25) is 9.69 Å². The molecule has 8 nitrogen and oxygen atoms in total. The number of phenols is 1. The maximum Gasteiger partial charge on any atom is 0.318 e. The fourth-order valence-corrected chi connectivity index (χ4v) is 7.12. The number of benzene rings is 3. The van der Waals surface area contributed by atoms with E-state index in [1.165, 1.54) is 17.0 Å². The molecule has 43 heavy (non-hydrogen) atoms. The molecule has 2 saturated heterocycles. The van der Waals surface area contributed by atoms with Gasteiger partial charge in [0.1, 0.15) is 29.9 Å². The molecule has 3 aliphatic rings. The maximum atomic E-state index is 14.9. The van der Waals surface area contributed by atoms with Crippen LogP contribution in [0.3, 0.4) is 0 Å². The number of fused-ring (bicyclic) bond motifs is 3. The largest absolute Gasteiger partial charge is 0.508 e. The molecule has 0 spiro atoms. The van der Waals surface area contributed by atoms with Crippen molar-refractivity contribution in [1.29, 1.82) is 0 Å². The Kier molecular flexibility index (Phi) is 6.69. The smallest absolute Gasteiger partial charge is 0.318 e. The molecule has 3 aliphatic heterocycles. The van der Waals surface area contributed by atoms with Crippen molar-refractivity contribution < 1.29 is 23.4 Å². The molecule has 222 valence electrons. The second-order valence-electron chi connectivity index (χ2n) is 11.7. The summed E-state index contributed by atoms with van der Waals surface area (Å²) < 4.78 is 35.6. The van der Waals surface area contributed by atoms with Crippen molar-refractivity contribution in [3.05, 3.63) is 77.2 Å². The predicted molar refractivity (Wildman–Crippen MR) is 161 cm³/mol. The topological polar surface area (TPSA) is 82.0 Å². The number of aromatic hydroxyl groups is 1. The van der Waals surface area contributed by atoms with E-state index in [2.05, 4.69) is 4.90 Å². The van der Waals surface area contributed by atoms with Crippen molar-refractivity contribution in [2.45, 2.75) is 50.9 Å². The van der Waals surface area contributed by atoms with Crippen LogP contribution in [0.4, 0.5) is 26.0 Å².